The molecule has 134 valence electrons. The van der Waals surface area contributed by atoms with E-state index in [0.29, 0.717) is 0 Å². The van der Waals surface area contributed by atoms with Crippen molar-refractivity contribution in [2.45, 2.75) is 45.6 Å². The summed E-state index contributed by atoms with van der Waals surface area (Å²) in [5, 5.41) is 3.14. The summed E-state index contributed by atoms with van der Waals surface area (Å²) in [5.74, 6) is 0.780. The van der Waals surface area contributed by atoms with Gasteiger partial charge in [-0.15, -0.1) is 0 Å². The maximum Gasteiger partial charge on any atom is 0.317 e. The van der Waals surface area contributed by atoms with E-state index in [1.165, 1.54) is 18.4 Å². The molecule has 1 fully saturated rings. The van der Waals surface area contributed by atoms with E-state index in [2.05, 4.69) is 48.3 Å². The molecule has 0 aromatic heterocycles. The van der Waals surface area contributed by atoms with Gasteiger partial charge in [0.1, 0.15) is 0 Å². The molecule has 4 nitrogen and oxygen atoms in total. The molecule has 1 aliphatic rings. The molecule has 0 spiro atoms. The van der Waals surface area contributed by atoms with E-state index in [0.717, 1.165) is 44.9 Å². The van der Waals surface area contributed by atoms with Gasteiger partial charge < -0.3 is 15.1 Å². The van der Waals surface area contributed by atoms with E-state index in [4.69, 9.17) is 0 Å². The third-order valence-electron chi connectivity index (χ3n) is 4.79. The fraction of sp³-hybridized carbons (Fsp3) is 0.650. The molecule has 0 bridgehead atoms. The highest BCUT2D eigenvalue weighted by Gasteiger charge is 2.19. The highest BCUT2D eigenvalue weighted by atomic mass is 16.2. The zero-order valence-corrected chi connectivity index (χ0v) is 15.5. The van der Waals surface area contributed by atoms with Crippen molar-refractivity contribution in [3.8, 4) is 0 Å². The van der Waals surface area contributed by atoms with Crippen LogP contribution in [-0.2, 0) is 6.42 Å². The second-order valence-electron chi connectivity index (χ2n) is 7.37. The number of nitrogens with one attached hydrogen (secondary N) is 1. The summed E-state index contributed by atoms with van der Waals surface area (Å²) < 4.78 is 0. The van der Waals surface area contributed by atoms with Gasteiger partial charge in [0.15, 0.2) is 0 Å². The number of nitrogens with zero attached hydrogens (tertiary/aromatic N) is 2. The molecule has 1 aromatic carbocycles. The van der Waals surface area contributed by atoms with Crippen LogP contribution in [0.3, 0.4) is 0 Å². The third-order valence-corrected chi connectivity index (χ3v) is 4.79. The van der Waals surface area contributed by atoms with Crippen molar-refractivity contribution in [3.05, 3.63) is 35.9 Å². The van der Waals surface area contributed by atoms with Crippen LogP contribution in [0, 0.1) is 5.92 Å². The van der Waals surface area contributed by atoms with E-state index >= 15 is 0 Å². The van der Waals surface area contributed by atoms with Gasteiger partial charge in [0, 0.05) is 32.7 Å². The molecule has 0 aliphatic carbocycles. The molecule has 4 heteroatoms. The van der Waals surface area contributed by atoms with Gasteiger partial charge in [0.25, 0.3) is 0 Å². The zero-order chi connectivity index (χ0) is 17.4. The van der Waals surface area contributed by atoms with Gasteiger partial charge in [-0.2, -0.15) is 0 Å². The normalized spacial score (nSPS) is 19.7. The molecule has 2 amide bonds. The minimum atomic E-state index is 0.0422. The van der Waals surface area contributed by atoms with Crippen LogP contribution in [-0.4, -0.2) is 55.1 Å². The van der Waals surface area contributed by atoms with E-state index in [-0.39, 0.29) is 12.1 Å². The SMILES string of the molecule is CC1CCCN(CC(C)NC(=O)N(C)CCCc2ccccc2)C1. The van der Waals surface area contributed by atoms with Crippen LogP contribution >= 0.6 is 0 Å². The van der Waals surface area contributed by atoms with Crippen LogP contribution in [0.5, 0.6) is 0 Å². The van der Waals surface area contributed by atoms with Crippen LogP contribution < -0.4 is 5.32 Å². The predicted octanol–water partition coefficient (Wildman–Crippen LogP) is 3.38. The minimum absolute atomic E-state index is 0.0422. The lowest BCUT2D eigenvalue weighted by molar-refractivity contribution is 0.164. The van der Waals surface area contributed by atoms with Crippen molar-refractivity contribution in [2.75, 3.05) is 33.2 Å². The monoisotopic (exact) mass is 331 g/mol. The van der Waals surface area contributed by atoms with Crippen molar-refractivity contribution < 1.29 is 4.79 Å². The first-order chi connectivity index (χ1) is 11.5. The average Bonchev–Trinajstić information content (AvgIpc) is 2.55. The highest BCUT2D eigenvalue weighted by Crippen LogP contribution is 2.15. The number of hydrogen-bond acceptors (Lipinski definition) is 2. The van der Waals surface area contributed by atoms with Crippen LogP contribution in [0.25, 0.3) is 0 Å². The molecule has 1 heterocycles. The quantitative estimate of drug-likeness (QED) is 0.831. The number of likely N-dealkylation sites (tertiary alicyclic amines) is 1. The van der Waals surface area contributed by atoms with Crippen molar-refractivity contribution in [1.82, 2.24) is 15.1 Å². The number of rotatable bonds is 7. The summed E-state index contributed by atoms with van der Waals surface area (Å²) in [5.41, 5.74) is 1.33. The Hall–Kier alpha value is -1.55. The number of carbonyl (C=O) groups excluding carboxylic acids is 1. The van der Waals surface area contributed by atoms with Crippen LogP contribution in [0.15, 0.2) is 30.3 Å². The van der Waals surface area contributed by atoms with E-state index in [1.807, 2.05) is 13.1 Å². The first-order valence-corrected chi connectivity index (χ1v) is 9.32. The molecule has 2 unspecified atom stereocenters. The van der Waals surface area contributed by atoms with Crippen LogP contribution in [0.2, 0.25) is 0 Å². The number of piperidine rings is 1. The molecular weight excluding hydrogens is 298 g/mol. The Morgan fingerprint density at radius 1 is 1.38 bits per heavy atom. The van der Waals surface area contributed by atoms with Crippen molar-refractivity contribution >= 4 is 6.03 Å². The summed E-state index contributed by atoms with van der Waals surface area (Å²) in [6, 6.07) is 10.7. The molecule has 1 N–H and O–H groups in total. The first-order valence-electron chi connectivity index (χ1n) is 9.32. The van der Waals surface area contributed by atoms with Crippen LogP contribution in [0.1, 0.15) is 38.7 Å². The molecule has 1 aromatic rings. The molecular formula is C20H33N3O. The van der Waals surface area contributed by atoms with Crippen LogP contribution in [0.4, 0.5) is 4.79 Å². The van der Waals surface area contributed by atoms with Gasteiger partial charge in [0.05, 0.1) is 0 Å². The highest BCUT2D eigenvalue weighted by molar-refractivity contribution is 5.74. The zero-order valence-electron chi connectivity index (χ0n) is 15.5. The summed E-state index contributed by atoms with van der Waals surface area (Å²) in [6.07, 6.45) is 4.62. The van der Waals surface area contributed by atoms with Gasteiger partial charge in [-0.25, -0.2) is 4.79 Å². The molecule has 0 radical (unpaired) electrons. The Kier molecular flexibility index (Phi) is 7.57. The minimum Gasteiger partial charge on any atom is -0.334 e. The maximum absolute atomic E-state index is 12.3. The summed E-state index contributed by atoms with van der Waals surface area (Å²) in [4.78, 5) is 16.6. The summed E-state index contributed by atoms with van der Waals surface area (Å²) in [6.45, 7) is 8.48. The molecule has 2 atom stereocenters. The van der Waals surface area contributed by atoms with Crippen molar-refractivity contribution in [2.24, 2.45) is 5.92 Å². The van der Waals surface area contributed by atoms with Gasteiger partial charge in [-0.05, 0) is 50.6 Å². The number of urea groups is 1. The lowest BCUT2D eigenvalue weighted by Crippen LogP contribution is -2.48. The van der Waals surface area contributed by atoms with Gasteiger partial charge in [-0.1, -0.05) is 37.3 Å². The number of hydrogen-bond donors (Lipinski definition) is 1. The molecule has 2 rings (SSSR count). The maximum atomic E-state index is 12.3. The Labute approximate surface area is 147 Å². The number of benzene rings is 1. The largest absolute Gasteiger partial charge is 0.334 e. The predicted molar refractivity (Wildman–Crippen MR) is 100 cm³/mol. The lowest BCUT2D eigenvalue weighted by Gasteiger charge is -2.33. The smallest absolute Gasteiger partial charge is 0.317 e. The van der Waals surface area contributed by atoms with Gasteiger partial charge in [-0.3, -0.25) is 0 Å². The fourth-order valence-electron chi connectivity index (χ4n) is 3.47. The Morgan fingerprint density at radius 2 is 2.12 bits per heavy atom. The van der Waals surface area contributed by atoms with Gasteiger partial charge in [0.2, 0.25) is 0 Å². The first kappa shape index (κ1) is 18.8. The number of aryl methyl sites for hydroxylation is 1. The standard InChI is InChI=1S/C20H33N3O/c1-17-9-7-14-23(15-17)16-18(2)21-20(24)22(3)13-8-12-19-10-5-4-6-11-19/h4-6,10-11,17-18H,7-9,12-16H2,1-3H3,(H,21,24). The molecule has 24 heavy (non-hydrogen) atoms. The van der Waals surface area contributed by atoms with Crippen molar-refractivity contribution in [3.63, 3.8) is 0 Å². The fourth-order valence-corrected chi connectivity index (χ4v) is 3.47. The second-order valence-corrected chi connectivity index (χ2v) is 7.37. The topological polar surface area (TPSA) is 35.6 Å². The number of carbonyl (C=O) groups is 1. The molecule has 0 saturated carbocycles. The second kappa shape index (κ2) is 9.67. The molecule has 1 saturated heterocycles. The third kappa shape index (κ3) is 6.52. The summed E-state index contributed by atoms with van der Waals surface area (Å²) >= 11 is 0. The average molecular weight is 332 g/mol. The summed E-state index contributed by atoms with van der Waals surface area (Å²) in [7, 11) is 1.88. The van der Waals surface area contributed by atoms with E-state index in [9.17, 15) is 4.79 Å². The lowest BCUT2D eigenvalue weighted by atomic mass is 10.00. The molecule has 1 aliphatic heterocycles. The Bertz CT molecular complexity index is 491. The Morgan fingerprint density at radius 3 is 2.83 bits per heavy atom. The van der Waals surface area contributed by atoms with Crippen molar-refractivity contribution in [1.29, 1.82) is 0 Å². The Balaban J connectivity index is 1.65. The van der Waals surface area contributed by atoms with Gasteiger partial charge >= 0.3 is 6.03 Å². The van der Waals surface area contributed by atoms with E-state index < -0.39 is 0 Å². The van der Waals surface area contributed by atoms with E-state index in [1.54, 1.807) is 4.90 Å². The number of amides is 2.